The van der Waals surface area contributed by atoms with E-state index in [1.54, 1.807) is 7.11 Å². The Labute approximate surface area is 201 Å². The molecule has 0 spiro atoms. The molecule has 1 saturated heterocycles. The van der Waals surface area contributed by atoms with Gasteiger partial charge in [-0.1, -0.05) is 0 Å². The second-order valence-electron chi connectivity index (χ2n) is 8.87. The highest BCUT2D eigenvalue weighted by molar-refractivity contribution is 6.04. The maximum atomic E-state index is 13.7. The molecule has 0 aromatic heterocycles. The molecule has 0 bridgehead atoms. The van der Waals surface area contributed by atoms with Crippen molar-refractivity contribution >= 4 is 23.3 Å². The van der Waals surface area contributed by atoms with Crippen LogP contribution < -0.4 is 10.6 Å². The number of methoxy groups -OCH3 is 1. The van der Waals surface area contributed by atoms with Crippen LogP contribution in [0.15, 0.2) is 42.5 Å². The number of halogens is 4. The molecule has 2 N–H and O–H groups in total. The van der Waals surface area contributed by atoms with Gasteiger partial charge in [-0.3, -0.25) is 9.69 Å². The van der Waals surface area contributed by atoms with Crippen LogP contribution in [0.4, 0.5) is 33.7 Å². The number of benzene rings is 2. The number of hydrogen-bond acceptors (Lipinski definition) is 4. The Bertz CT molecular complexity index is 1050. The van der Waals surface area contributed by atoms with Gasteiger partial charge in [0.25, 0.3) is 5.91 Å². The fraction of sp³-hybridized carbons (Fsp3) is 0.417. The standard InChI is InChI=1S/C24H28F4N4O3/c1-23(2,15-35-3)32-12-10-31(11-13-32)22(34)30-20-9-8-18(14-19(20)24(26,27)28)29-21(33)16-4-6-17(25)7-5-16/h4-9,14H,10-13,15H2,1-3H3,(H,29,33)(H,30,34). The first-order chi connectivity index (χ1) is 16.4. The van der Waals surface area contributed by atoms with Crippen LogP contribution in [0.1, 0.15) is 29.8 Å². The topological polar surface area (TPSA) is 73.9 Å². The molecule has 35 heavy (non-hydrogen) atoms. The highest BCUT2D eigenvalue weighted by Gasteiger charge is 2.36. The van der Waals surface area contributed by atoms with Crippen molar-refractivity contribution in [1.82, 2.24) is 9.80 Å². The first-order valence-electron chi connectivity index (χ1n) is 11.0. The van der Waals surface area contributed by atoms with Crippen molar-refractivity contribution in [2.45, 2.75) is 25.6 Å². The third kappa shape index (κ3) is 6.70. The second kappa shape index (κ2) is 10.6. The molecule has 0 radical (unpaired) electrons. The molecule has 1 aliphatic rings. The number of ether oxygens (including phenoxy) is 1. The monoisotopic (exact) mass is 496 g/mol. The van der Waals surface area contributed by atoms with Crippen LogP contribution in [-0.2, 0) is 10.9 Å². The van der Waals surface area contributed by atoms with Gasteiger partial charge in [-0.05, 0) is 56.3 Å². The quantitative estimate of drug-likeness (QED) is 0.570. The number of anilines is 2. The van der Waals surface area contributed by atoms with Gasteiger partial charge in [0, 0.05) is 50.1 Å². The van der Waals surface area contributed by atoms with Crippen molar-refractivity contribution in [1.29, 1.82) is 0 Å². The lowest BCUT2D eigenvalue weighted by Crippen LogP contribution is -2.57. The molecule has 1 heterocycles. The summed E-state index contributed by atoms with van der Waals surface area (Å²) in [6.45, 7) is 6.39. The number of rotatable bonds is 6. The molecule has 11 heteroatoms. The van der Waals surface area contributed by atoms with Crippen molar-refractivity contribution < 1.29 is 31.9 Å². The van der Waals surface area contributed by atoms with Gasteiger partial charge in [0.15, 0.2) is 0 Å². The smallest absolute Gasteiger partial charge is 0.383 e. The van der Waals surface area contributed by atoms with Crippen molar-refractivity contribution in [3.63, 3.8) is 0 Å². The number of carbonyl (C=O) groups excluding carboxylic acids is 2. The van der Waals surface area contributed by atoms with Gasteiger partial charge in [0.1, 0.15) is 5.82 Å². The van der Waals surface area contributed by atoms with E-state index >= 15 is 0 Å². The van der Waals surface area contributed by atoms with Crippen molar-refractivity contribution in [3.8, 4) is 0 Å². The van der Waals surface area contributed by atoms with Gasteiger partial charge in [0.05, 0.1) is 17.9 Å². The SMILES string of the molecule is COCC(C)(C)N1CCN(C(=O)Nc2ccc(NC(=O)c3ccc(F)cc3)cc2C(F)(F)F)CC1. The van der Waals surface area contributed by atoms with E-state index in [4.69, 9.17) is 4.74 Å². The van der Waals surface area contributed by atoms with E-state index in [1.165, 1.54) is 23.1 Å². The lowest BCUT2D eigenvalue weighted by atomic mass is 10.0. The number of urea groups is 1. The first kappa shape index (κ1) is 26.4. The van der Waals surface area contributed by atoms with E-state index in [1.807, 2.05) is 13.8 Å². The summed E-state index contributed by atoms with van der Waals surface area (Å²) < 4.78 is 59.5. The lowest BCUT2D eigenvalue weighted by molar-refractivity contribution is -0.136. The summed E-state index contributed by atoms with van der Waals surface area (Å²) in [5, 5.41) is 4.72. The van der Waals surface area contributed by atoms with Crippen LogP contribution in [-0.4, -0.2) is 67.2 Å². The molecular weight excluding hydrogens is 468 g/mol. The number of nitrogens with zero attached hydrogens (tertiary/aromatic N) is 2. The molecular formula is C24H28F4N4O3. The van der Waals surface area contributed by atoms with Gasteiger partial charge in [-0.25, -0.2) is 9.18 Å². The predicted octanol–water partition coefficient (Wildman–Crippen LogP) is 4.67. The highest BCUT2D eigenvalue weighted by atomic mass is 19.4. The summed E-state index contributed by atoms with van der Waals surface area (Å²) in [6, 6.07) is 7.07. The van der Waals surface area contributed by atoms with Gasteiger partial charge >= 0.3 is 12.2 Å². The Balaban J connectivity index is 1.70. The molecule has 190 valence electrons. The molecule has 2 aromatic rings. The van der Waals surface area contributed by atoms with Gasteiger partial charge < -0.3 is 20.3 Å². The molecule has 1 aliphatic heterocycles. The summed E-state index contributed by atoms with van der Waals surface area (Å²) in [5.41, 5.74) is -1.76. The van der Waals surface area contributed by atoms with E-state index in [-0.39, 0.29) is 16.8 Å². The van der Waals surface area contributed by atoms with Crippen LogP contribution in [0.25, 0.3) is 0 Å². The number of carbonyl (C=O) groups is 2. The van der Waals surface area contributed by atoms with Gasteiger partial charge in [-0.2, -0.15) is 13.2 Å². The van der Waals surface area contributed by atoms with Crippen LogP contribution in [0.3, 0.4) is 0 Å². The fourth-order valence-corrected chi connectivity index (χ4v) is 3.92. The molecule has 1 fully saturated rings. The number of amides is 3. The normalized spacial score (nSPS) is 15.1. The van der Waals surface area contributed by atoms with Crippen LogP contribution >= 0.6 is 0 Å². The molecule has 3 rings (SSSR count). The fourth-order valence-electron chi connectivity index (χ4n) is 3.92. The Morgan fingerprint density at radius 1 is 0.971 bits per heavy atom. The minimum Gasteiger partial charge on any atom is -0.383 e. The van der Waals surface area contributed by atoms with E-state index in [0.29, 0.717) is 32.8 Å². The number of alkyl halides is 3. The minimum absolute atomic E-state index is 0.0881. The predicted molar refractivity (Wildman–Crippen MR) is 124 cm³/mol. The third-order valence-corrected chi connectivity index (χ3v) is 5.85. The summed E-state index contributed by atoms with van der Waals surface area (Å²) in [4.78, 5) is 28.6. The number of piperazine rings is 1. The average molecular weight is 497 g/mol. The molecule has 3 amide bonds. The first-order valence-corrected chi connectivity index (χ1v) is 11.0. The average Bonchev–Trinajstić information content (AvgIpc) is 2.80. The zero-order chi connectivity index (χ0) is 25.8. The number of hydrogen-bond donors (Lipinski definition) is 2. The Hall–Kier alpha value is -3.18. The lowest BCUT2D eigenvalue weighted by Gasteiger charge is -2.43. The summed E-state index contributed by atoms with van der Waals surface area (Å²) in [6.07, 6.45) is -4.78. The van der Waals surface area contributed by atoms with E-state index in [9.17, 15) is 27.2 Å². The zero-order valence-electron chi connectivity index (χ0n) is 19.7. The van der Waals surface area contributed by atoms with Crippen LogP contribution in [0.2, 0.25) is 0 Å². The maximum absolute atomic E-state index is 13.7. The van der Waals surface area contributed by atoms with Crippen molar-refractivity contribution in [2.24, 2.45) is 0 Å². The van der Waals surface area contributed by atoms with Crippen molar-refractivity contribution in [2.75, 3.05) is 50.5 Å². The van der Waals surface area contributed by atoms with E-state index in [0.717, 1.165) is 24.3 Å². The molecule has 0 aliphatic carbocycles. The molecule has 0 saturated carbocycles. The Morgan fingerprint density at radius 3 is 2.17 bits per heavy atom. The third-order valence-electron chi connectivity index (χ3n) is 5.85. The van der Waals surface area contributed by atoms with Gasteiger partial charge in [0.2, 0.25) is 0 Å². The molecule has 0 atom stereocenters. The minimum atomic E-state index is -4.78. The highest BCUT2D eigenvalue weighted by Crippen LogP contribution is 2.37. The van der Waals surface area contributed by atoms with Crippen LogP contribution in [0.5, 0.6) is 0 Å². The molecule has 0 unspecified atom stereocenters. The van der Waals surface area contributed by atoms with Gasteiger partial charge in [-0.15, -0.1) is 0 Å². The van der Waals surface area contributed by atoms with Crippen molar-refractivity contribution in [3.05, 3.63) is 59.4 Å². The van der Waals surface area contributed by atoms with E-state index < -0.39 is 35.2 Å². The summed E-state index contributed by atoms with van der Waals surface area (Å²) in [5.74, 6) is -1.23. The number of nitrogens with one attached hydrogen (secondary N) is 2. The summed E-state index contributed by atoms with van der Waals surface area (Å²) in [7, 11) is 1.61. The zero-order valence-corrected chi connectivity index (χ0v) is 19.7. The molecule has 7 nitrogen and oxygen atoms in total. The second-order valence-corrected chi connectivity index (χ2v) is 8.87. The summed E-state index contributed by atoms with van der Waals surface area (Å²) >= 11 is 0. The maximum Gasteiger partial charge on any atom is 0.418 e. The largest absolute Gasteiger partial charge is 0.418 e. The van der Waals surface area contributed by atoms with E-state index in [2.05, 4.69) is 15.5 Å². The van der Waals surface area contributed by atoms with Crippen LogP contribution in [0, 0.1) is 5.82 Å². The Morgan fingerprint density at radius 2 is 1.60 bits per heavy atom. The molecule has 2 aromatic carbocycles. The Kier molecular flexibility index (Phi) is 8.01.